The fourth-order valence-corrected chi connectivity index (χ4v) is 2.01. The van der Waals surface area contributed by atoms with E-state index in [2.05, 4.69) is 0 Å². The Bertz CT molecular complexity index is 430. The first-order valence-corrected chi connectivity index (χ1v) is 6.45. The number of nitrogens with two attached hydrogens (primary N) is 1. The van der Waals surface area contributed by atoms with E-state index < -0.39 is 6.04 Å². The van der Waals surface area contributed by atoms with Crippen LogP contribution < -0.4 is 5.73 Å². The molecule has 3 N–H and O–H groups in total. The predicted octanol–water partition coefficient (Wildman–Crippen LogP) is 1.62. The third-order valence-corrected chi connectivity index (χ3v) is 3.29. The lowest BCUT2D eigenvalue weighted by molar-refractivity contribution is -0.133. The van der Waals surface area contributed by atoms with Crippen molar-refractivity contribution in [1.29, 1.82) is 0 Å². The Hall–Kier alpha value is -1.55. The molecule has 0 heterocycles. The van der Waals surface area contributed by atoms with Gasteiger partial charge >= 0.3 is 0 Å². The lowest BCUT2D eigenvalue weighted by atomic mass is 10.1. The zero-order valence-corrected chi connectivity index (χ0v) is 10.7. The normalized spacial score (nSPS) is 16.3. The van der Waals surface area contributed by atoms with Crippen molar-refractivity contribution in [3.8, 4) is 5.75 Å². The van der Waals surface area contributed by atoms with Crippen molar-refractivity contribution in [2.24, 2.45) is 5.73 Å². The Morgan fingerprint density at radius 1 is 1.56 bits per heavy atom. The van der Waals surface area contributed by atoms with E-state index in [-0.39, 0.29) is 11.7 Å². The third kappa shape index (κ3) is 3.01. The number of nitrogens with zero attached hydrogens (tertiary/aromatic N) is 1. The lowest BCUT2D eigenvalue weighted by Crippen LogP contribution is -2.44. The van der Waals surface area contributed by atoms with Crippen molar-refractivity contribution in [2.75, 3.05) is 0 Å². The van der Waals surface area contributed by atoms with Crippen LogP contribution in [0.4, 0.5) is 0 Å². The van der Waals surface area contributed by atoms with Crippen molar-refractivity contribution in [2.45, 2.75) is 44.8 Å². The Labute approximate surface area is 107 Å². The van der Waals surface area contributed by atoms with Gasteiger partial charge in [-0.15, -0.1) is 0 Å². The molecule has 1 aromatic rings. The average molecular weight is 248 g/mol. The molecule has 18 heavy (non-hydrogen) atoms. The Morgan fingerprint density at radius 2 is 2.28 bits per heavy atom. The number of amides is 1. The van der Waals surface area contributed by atoms with Crippen molar-refractivity contribution in [1.82, 2.24) is 4.90 Å². The van der Waals surface area contributed by atoms with Gasteiger partial charge in [0, 0.05) is 12.6 Å². The number of phenolic OH excluding ortho intramolecular Hbond substituents is 1. The quantitative estimate of drug-likeness (QED) is 0.832. The molecule has 1 saturated carbocycles. The predicted molar refractivity (Wildman–Crippen MR) is 69.9 cm³/mol. The number of rotatable bonds is 5. The minimum Gasteiger partial charge on any atom is -0.508 e. The van der Waals surface area contributed by atoms with Crippen molar-refractivity contribution < 1.29 is 9.90 Å². The van der Waals surface area contributed by atoms with E-state index in [0.29, 0.717) is 19.0 Å². The molecule has 0 aromatic heterocycles. The number of carbonyl (C=O) groups excluding carboxylic acids is 1. The van der Waals surface area contributed by atoms with Gasteiger partial charge in [-0.2, -0.15) is 0 Å². The second-order valence-corrected chi connectivity index (χ2v) is 4.88. The van der Waals surface area contributed by atoms with Gasteiger partial charge in [0.15, 0.2) is 0 Å². The number of benzene rings is 1. The summed E-state index contributed by atoms with van der Waals surface area (Å²) in [5.41, 5.74) is 6.77. The highest BCUT2D eigenvalue weighted by Crippen LogP contribution is 2.29. The minimum atomic E-state index is -0.414. The molecule has 1 fully saturated rings. The number of carbonyl (C=O) groups is 1. The summed E-state index contributed by atoms with van der Waals surface area (Å²) in [7, 11) is 0. The molecule has 0 spiro atoms. The van der Waals surface area contributed by atoms with Gasteiger partial charge < -0.3 is 15.7 Å². The van der Waals surface area contributed by atoms with Crippen molar-refractivity contribution >= 4 is 5.91 Å². The monoisotopic (exact) mass is 248 g/mol. The van der Waals surface area contributed by atoms with Crippen LogP contribution >= 0.6 is 0 Å². The number of hydrogen-bond acceptors (Lipinski definition) is 3. The second-order valence-electron chi connectivity index (χ2n) is 4.88. The number of hydrogen-bond donors (Lipinski definition) is 2. The van der Waals surface area contributed by atoms with Crippen LogP contribution in [0.1, 0.15) is 31.7 Å². The molecule has 1 amide bonds. The van der Waals surface area contributed by atoms with E-state index in [1.54, 1.807) is 18.2 Å². The molecule has 0 saturated heterocycles. The highest BCUT2D eigenvalue weighted by atomic mass is 16.3. The summed E-state index contributed by atoms with van der Waals surface area (Å²) in [5, 5.41) is 9.45. The average Bonchev–Trinajstić information content (AvgIpc) is 3.18. The molecule has 0 aliphatic heterocycles. The Kier molecular flexibility index (Phi) is 3.87. The van der Waals surface area contributed by atoms with Gasteiger partial charge in [0.25, 0.3) is 0 Å². The molecule has 1 atom stereocenters. The smallest absolute Gasteiger partial charge is 0.240 e. The molecule has 98 valence electrons. The van der Waals surface area contributed by atoms with Crippen LogP contribution in [0, 0.1) is 0 Å². The molecular formula is C14H20N2O2. The third-order valence-electron chi connectivity index (χ3n) is 3.29. The van der Waals surface area contributed by atoms with Gasteiger partial charge in [-0.1, -0.05) is 19.1 Å². The van der Waals surface area contributed by atoms with E-state index >= 15 is 0 Å². The summed E-state index contributed by atoms with van der Waals surface area (Å²) in [6.45, 7) is 2.45. The second kappa shape index (κ2) is 5.40. The number of phenols is 1. The maximum atomic E-state index is 12.2. The van der Waals surface area contributed by atoms with Crippen molar-refractivity contribution in [3.05, 3.63) is 29.8 Å². The van der Waals surface area contributed by atoms with Gasteiger partial charge in [-0.3, -0.25) is 4.79 Å². The summed E-state index contributed by atoms with van der Waals surface area (Å²) in [4.78, 5) is 14.0. The fourth-order valence-electron chi connectivity index (χ4n) is 2.01. The van der Waals surface area contributed by atoms with Crippen LogP contribution in [0.3, 0.4) is 0 Å². The molecule has 0 unspecified atom stereocenters. The molecule has 0 radical (unpaired) electrons. The summed E-state index contributed by atoms with van der Waals surface area (Å²) in [6.07, 6.45) is 2.77. The zero-order valence-electron chi connectivity index (χ0n) is 10.7. The summed E-state index contributed by atoms with van der Waals surface area (Å²) >= 11 is 0. The van der Waals surface area contributed by atoms with Gasteiger partial charge in [-0.25, -0.2) is 0 Å². The van der Waals surface area contributed by atoms with Crippen LogP contribution in [0.5, 0.6) is 5.75 Å². The maximum absolute atomic E-state index is 12.2. The van der Waals surface area contributed by atoms with E-state index in [1.165, 1.54) is 0 Å². The molecule has 1 aliphatic rings. The molecule has 2 rings (SSSR count). The van der Waals surface area contributed by atoms with Crippen LogP contribution in [0.15, 0.2) is 24.3 Å². The Morgan fingerprint density at radius 3 is 2.83 bits per heavy atom. The van der Waals surface area contributed by atoms with E-state index in [1.807, 2.05) is 17.9 Å². The molecule has 0 bridgehead atoms. The Balaban J connectivity index is 2.09. The SMILES string of the molecule is CC[C@H](N)C(=O)N(Cc1cccc(O)c1)C1CC1. The van der Waals surface area contributed by atoms with Crippen LogP contribution in [-0.4, -0.2) is 28.0 Å². The highest BCUT2D eigenvalue weighted by molar-refractivity contribution is 5.82. The first-order valence-electron chi connectivity index (χ1n) is 6.45. The standard InChI is InChI=1S/C14H20N2O2/c1-2-13(15)14(18)16(11-6-7-11)9-10-4-3-5-12(17)8-10/h3-5,8,11,13,17H,2,6-7,9,15H2,1H3/t13-/m0/s1. The molecule has 4 heteroatoms. The van der Waals surface area contributed by atoms with Crippen LogP contribution in [0.25, 0.3) is 0 Å². The summed E-state index contributed by atoms with van der Waals surface area (Å²) < 4.78 is 0. The fraction of sp³-hybridized carbons (Fsp3) is 0.500. The summed E-state index contributed by atoms with van der Waals surface area (Å²) in [5.74, 6) is 0.249. The highest BCUT2D eigenvalue weighted by Gasteiger charge is 2.34. The van der Waals surface area contributed by atoms with E-state index in [9.17, 15) is 9.90 Å². The van der Waals surface area contributed by atoms with Crippen LogP contribution in [0.2, 0.25) is 0 Å². The zero-order chi connectivity index (χ0) is 13.1. The topological polar surface area (TPSA) is 66.6 Å². The molecular weight excluding hydrogens is 228 g/mol. The summed E-state index contributed by atoms with van der Waals surface area (Å²) in [6, 6.07) is 6.95. The minimum absolute atomic E-state index is 0.0170. The first kappa shape index (κ1) is 12.9. The largest absolute Gasteiger partial charge is 0.508 e. The van der Waals surface area contributed by atoms with Crippen molar-refractivity contribution in [3.63, 3.8) is 0 Å². The molecule has 1 aliphatic carbocycles. The molecule has 1 aromatic carbocycles. The first-order chi connectivity index (χ1) is 8.61. The van der Waals surface area contributed by atoms with Crippen LogP contribution in [-0.2, 0) is 11.3 Å². The number of aromatic hydroxyl groups is 1. The van der Waals surface area contributed by atoms with E-state index in [4.69, 9.17) is 5.73 Å². The maximum Gasteiger partial charge on any atom is 0.240 e. The van der Waals surface area contributed by atoms with Gasteiger partial charge in [0.1, 0.15) is 5.75 Å². The molecule has 4 nitrogen and oxygen atoms in total. The van der Waals surface area contributed by atoms with Gasteiger partial charge in [-0.05, 0) is 37.0 Å². The lowest BCUT2D eigenvalue weighted by Gasteiger charge is -2.25. The van der Waals surface area contributed by atoms with Gasteiger partial charge in [0.2, 0.25) is 5.91 Å². The van der Waals surface area contributed by atoms with Gasteiger partial charge in [0.05, 0.1) is 6.04 Å². The van der Waals surface area contributed by atoms with E-state index in [0.717, 1.165) is 18.4 Å².